The number of hydrogen-bond acceptors (Lipinski definition) is 3. The Hall–Kier alpha value is -0.920. The Morgan fingerprint density at radius 1 is 1.77 bits per heavy atom. The topological polar surface area (TPSA) is 29.9 Å². The molecular weight excluding hydrogens is 182 g/mol. The quantitative estimate of drug-likeness (QED) is 0.427. The number of aromatic nitrogens is 2. The van der Waals surface area contributed by atoms with Crippen LogP contribution in [0.5, 0.6) is 0 Å². The summed E-state index contributed by atoms with van der Waals surface area (Å²) in [6.45, 7) is 1.56. The van der Waals surface area contributed by atoms with Crippen LogP contribution in [0.4, 0.5) is 0 Å². The standard InChI is InChI=1S/C9H13N3S/c1-3-4-10-6-8-13-9-11-5-7-12(9)2/h1,5,7,10H,4,6,8H2,2H3. The fourth-order valence-corrected chi connectivity index (χ4v) is 1.69. The Morgan fingerprint density at radius 2 is 2.62 bits per heavy atom. The molecule has 0 aliphatic heterocycles. The van der Waals surface area contributed by atoms with Crippen LogP contribution in [0.3, 0.4) is 0 Å². The van der Waals surface area contributed by atoms with E-state index in [0.29, 0.717) is 6.54 Å². The van der Waals surface area contributed by atoms with Crippen LogP contribution >= 0.6 is 11.8 Å². The first kappa shape index (κ1) is 10.2. The molecule has 1 N–H and O–H groups in total. The number of terminal acetylenes is 1. The predicted molar refractivity (Wildman–Crippen MR) is 55.6 cm³/mol. The zero-order valence-corrected chi connectivity index (χ0v) is 8.47. The van der Waals surface area contributed by atoms with Crippen LogP contribution in [-0.4, -0.2) is 28.4 Å². The minimum Gasteiger partial charge on any atom is -0.329 e. The van der Waals surface area contributed by atoms with Gasteiger partial charge in [-0.05, 0) is 0 Å². The Kier molecular flexibility index (Phi) is 4.44. The highest BCUT2D eigenvalue weighted by Gasteiger charge is 1.97. The summed E-state index contributed by atoms with van der Waals surface area (Å²) in [6.07, 6.45) is 8.84. The van der Waals surface area contributed by atoms with Gasteiger partial charge >= 0.3 is 0 Å². The van der Waals surface area contributed by atoms with Crippen LogP contribution in [-0.2, 0) is 7.05 Å². The monoisotopic (exact) mass is 195 g/mol. The second kappa shape index (κ2) is 5.68. The van der Waals surface area contributed by atoms with Crippen molar-refractivity contribution in [2.75, 3.05) is 18.8 Å². The third-order valence-electron chi connectivity index (χ3n) is 1.51. The van der Waals surface area contributed by atoms with E-state index in [1.54, 1.807) is 18.0 Å². The lowest BCUT2D eigenvalue weighted by molar-refractivity contribution is 0.782. The van der Waals surface area contributed by atoms with E-state index in [1.807, 2.05) is 17.8 Å². The van der Waals surface area contributed by atoms with Crippen LogP contribution < -0.4 is 5.32 Å². The molecule has 0 aliphatic rings. The number of imidazole rings is 1. The average Bonchev–Trinajstić information content (AvgIpc) is 2.52. The van der Waals surface area contributed by atoms with Crippen LogP contribution in [0.15, 0.2) is 17.6 Å². The van der Waals surface area contributed by atoms with Gasteiger partial charge in [0.1, 0.15) is 0 Å². The molecule has 4 heteroatoms. The van der Waals surface area contributed by atoms with Gasteiger partial charge < -0.3 is 9.88 Å². The van der Waals surface area contributed by atoms with Gasteiger partial charge in [-0.25, -0.2) is 4.98 Å². The summed E-state index contributed by atoms with van der Waals surface area (Å²) >= 11 is 1.72. The highest BCUT2D eigenvalue weighted by molar-refractivity contribution is 7.99. The SMILES string of the molecule is C#CCNCCSc1nccn1C. The van der Waals surface area contributed by atoms with Crippen LogP contribution in [0.1, 0.15) is 0 Å². The molecule has 0 fully saturated rings. The van der Waals surface area contributed by atoms with Gasteiger partial charge in [0.2, 0.25) is 0 Å². The van der Waals surface area contributed by atoms with Crippen LogP contribution in [0, 0.1) is 12.3 Å². The lowest BCUT2D eigenvalue weighted by atomic mass is 10.6. The number of thioether (sulfide) groups is 1. The van der Waals surface area contributed by atoms with Crippen molar-refractivity contribution in [2.24, 2.45) is 7.05 Å². The van der Waals surface area contributed by atoms with Gasteiger partial charge in [-0.1, -0.05) is 17.7 Å². The van der Waals surface area contributed by atoms with E-state index in [0.717, 1.165) is 17.5 Å². The van der Waals surface area contributed by atoms with Crippen molar-refractivity contribution in [3.05, 3.63) is 12.4 Å². The van der Waals surface area contributed by atoms with Crippen molar-refractivity contribution < 1.29 is 0 Å². The number of rotatable bonds is 5. The van der Waals surface area contributed by atoms with Crippen molar-refractivity contribution >= 4 is 11.8 Å². The Morgan fingerprint density at radius 3 is 3.23 bits per heavy atom. The molecule has 1 heterocycles. The summed E-state index contributed by atoms with van der Waals surface area (Å²) in [4.78, 5) is 4.19. The normalized spacial score (nSPS) is 9.85. The van der Waals surface area contributed by atoms with Gasteiger partial charge in [0, 0.05) is 31.7 Å². The zero-order valence-electron chi connectivity index (χ0n) is 7.66. The molecule has 0 aromatic carbocycles. The van der Waals surface area contributed by atoms with Gasteiger partial charge in [-0.3, -0.25) is 0 Å². The number of aryl methyl sites for hydroxylation is 1. The van der Waals surface area contributed by atoms with Crippen molar-refractivity contribution in [3.8, 4) is 12.3 Å². The zero-order chi connectivity index (χ0) is 9.52. The minimum atomic E-state index is 0.640. The number of nitrogens with zero attached hydrogens (tertiary/aromatic N) is 2. The molecule has 0 spiro atoms. The van der Waals surface area contributed by atoms with E-state index in [2.05, 4.69) is 16.2 Å². The highest BCUT2D eigenvalue weighted by atomic mass is 32.2. The number of nitrogens with one attached hydrogen (secondary N) is 1. The van der Waals surface area contributed by atoms with Crippen molar-refractivity contribution in [2.45, 2.75) is 5.16 Å². The van der Waals surface area contributed by atoms with Crippen LogP contribution in [0.2, 0.25) is 0 Å². The Labute approximate surface area is 82.9 Å². The molecule has 0 saturated carbocycles. The van der Waals surface area contributed by atoms with Gasteiger partial charge in [-0.15, -0.1) is 6.42 Å². The van der Waals surface area contributed by atoms with E-state index in [1.165, 1.54) is 0 Å². The molecule has 1 rings (SSSR count). The molecule has 3 nitrogen and oxygen atoms in total. The second-order valence-corrected chi connectivity index (χ2v) is 3.61. The molecule has 0 aliphatic carbocycles. The fraction of sp³-hybridized carbons (Fsp3) is 0.444. The summed E-state index contributed by atoms with van der Waals surface area (Å²) in [6, 6.07) is 0. The van der Waals surface area contributed by atoms with Crippen molar-refractivity contribution in [3.63, 3.8) is 0 Å². The van der Waals surface area contributed by atoms with Gasteiger partial charge in [0.05, 0.1) is 6.54 Å². The van der Waals surface area contributed by atoms with E-state index >= 15 is 0 Å². The van der Waals surface area contributed by atoms with Crippen LogP contribution in [0.25, 0.3) is 0 Å². The Bertz CT molecular complexity index is 287. The summed E-state index contributed by atoms with van der Waals surface area (Å²) < 4.78 is 2.01. The summed E-state index contributed by atoms with van der Waals surface area (Å²) in [7, 11) is 1.99. The molecule has 70 valence electrons. The van der Waals surface area contributed by atoms with E-state index < -0.39 is 0 Å². The summed E-state index contributed by atoms with van der Waals surface area (Å²) in [5, 5.41) is 4.17. The first-order chi connectivity index (χ1) is 6.34. The molecule has 13 heavy (non-hydrogen) atoms. The molecule has 1 aromatic rings. The van der Waals surface area contributed by atoms with Crippen molar-refractivity contribution in [1.82, 2.24) is 14.9 Å². The summed E-state index contributed by atoms with van der Waals surface area (Å²) in [5.41, 5.74) is 0. The first-order valence-corrected chi connectivity index (χ1v) is 5.07. The lowest BCUT2D eigenvalue weighted by Gasteiger charge is -2.01. The van der Waals surface area contributed by atoms with Crippen molar-refractivity contribution in [1.29, 1.82) is 0 Å². The predicted octanol–water partition coefficient (Wildman–Crippen LogP) is 0.735. The molecule has 0 saturated heterocycles. The largest absolute Gasteiger partial charge is 0.329 e. The van der Waals surface area contributed by atoms with E-state index in [4.69, 9.17) is 6.42 Å². The molecule has 0 bridgehead atoms. The third-order valence-corrected chi connectivity index (χ3v) is 2.57. The molecule has 0 radical (unpaired) electrons. The summed E-state index contributed by atoms with van der Waals surface area (Å²) in [5.74, 6) is 3.52. The first-order valence-electron chi connectivity index (χ1n) is 4.09. The molecular formula is C9H13N3S. The molecule has 0 atom stereocenters. The highest BCUT2D eigenvalue weighted by Crippen LogP contribution is 2.12. The van der Waals surface area contributed by atoms with E-state index in [-0.39, 0.29) is 0 Å². The van der Waals surface area contributed by atoms with E-state index in [9.17, 15) is 0 Å². The third kappa shape index (κ3) is 3.53. The molecule has 1 aromatic heterocycles. The molecule has 0 amide bonds. The maximum absolute atomic E-state index is 5.09. The molecule has 0 unspecified atom stereocenters. The lowest BCUT2D eigenvalue weighted by Crippen LogP contribution is -2.17. The van der Waals surface area contributed by atoms with Gasteiger partial charge in [-0.2, -0.15) is 0 Å². The smallest absolute Gasteiger partial charge is 0.167 e. The maximum atomic E-state index is 5.09. The fourth-order valence-electron chi connectivity index (χ4n) is 0.866. The van der Waals surface area contributed by atoms with Gasteiger partial charge in [0.15, 0.2) is 5.16 Å². The second-order valence-electron chi connectivity index (χ2n) is 2.55. The minimum absolute atomic E-state index is 0.640. The maximum Gasteiger partial charge on any atom is 0.167 e. The Balaban J connectivity index is 2.14. The van der Waals surface area contributed by atoms with Gasteiger partial charge in [0.25, 0.3) is 0 Å². The average molecular weight is 195 g/mol. The number of hydrogen-bond donors (Lipinski definition) is 1.